The highest BCUT2D eigenvalue weighted by molar-refractivity contribution is 7.89. The zero-order chi connectivity index (χ0) is 27.8. The third-order valence-corrected chi connectivity index (χ3v) is 8.80. The Labute approximate surface area is 233 Å². The molecule has 8 nitrogen and oxygen atoms in total. The summed E-state index contributed by atoms with van der Waals surface area (Å²) in [5.74, 6) is 0.00970. The Hall–Kier alpha value is -3.31. The Balaban J connectivity index is 1.54. The van der Waals surface area contributed by atoms with Crippen molar-refractivity contribution in [1.82, 2.24) is 14.6 Å². The van der Waals surface area contributed by atoms with Crippen molar-refractivity contribution >= 4 is 37.7 Å². The second-order valence-electron chi connectivity index (χ2n) is 9.77. The summed E-state index contributed by atoms with van der Waals surface area (Å²) < 4.78 is 34.9. The molecule has 3 aromatic carbocycles. The number of thiazole rings is 1. The maximum Gasteiger partial charge on any atom is 0.407 e. The van der Waals surface area contributed by atoms with Crippen molar-refractivity contribution < 1.29 is 23.1 Å². The van der Waals surface area contributed by atoms with Crippen LogP contribution >= 0.6 is 11.3 Å². The molecule has 206 valence electrons. The summed E-state index contributed by atoms with van der Waals surface area (Å²) in [7, 11) is -3.93. The number of aliphatic hydroxyl groups is 1. The van der Waals surface area contributed by atoms with Gasteiger partial charge in [0.15, 0.2) is 0 Å². The first-order valence-corrected chi connectivity index (χ1v) is 15.1. The maximum atomic E-state index is 13.7. The number of sulfonamides is 1. The van der Waals surface area contributed by atoms with Gasteiger partial charge in [-0.15, -0.1) is 11.3 Å². The van der Waals surface area contributed by atoms with E-state index in [1.807, 2.05) is 74.5 Å². The van der Waals surface area contributed by atoms with E-state index in [1.54, 1.807) is 17.6 Å². The van der Waals surface area contributed by atoms with Crippen LogP contribution in [0.25, 0.3) is 10.2 Å². The number of nitrogens with zero attached hydrogens (tertiary/aromatic N) is 2. The summed E-state index contributed by atoms with van der Waals surface area (Å²) in [5.41, 5.74) is 4.13. The predicted octanol–water partition coefficient (Wildman–Crippen LogP) is 4.84. The second-order valence-corrected chi connectivity index (χ2v) is 12.6. The van der Waals surface area contributed by atoms with Gasteiger partial charge in [-0.05, 0) is 41.7 Å². The van der Waals surface area contributed by atoms with Crippen molar-refractivity contribution in [3.8, 4) is 0 Å². The van der Waals surface area contributed by atoms with E-state index in [1.165, 1.54) is 21.7 Å². The lowest BCUT2D eigenvalue weighted by Gasteiger charge is -2.30. The van der Waals surface area contributed by atoms with Gasteiger partial charge in [0.2, 0.25) is 10.0 Å². The number of aromatic nitrogens is 1. The van der Waals surface area contributed by atoms with Gasteiger partial charge < -0.3 is 15.2 Å². The van der Waals surface area contributed by atoms with Gasteiger partial charge in [0.25, 0.3) is 0 Å². The van der Waals surface area contributed by atoms with Crippen LogP contribution in [0.3, 0.4) is 0 Å². The minimum Gasteiger partial charge on any atom is -0.445 e. The van der Waals surface area contributed by atoms with Gasteiger partial charge in [0.05, 0.1) is 32.8 Å². The predicted molar refractivity (Wildman–Crippen MR) is 153 cm³/mol. The number of alkyl carbamates (subject to hydrolysis) is 1. The van der Waals surface area contributed by atoms with Gasteiger partial charge in [0, 0.05) is 13.1 Å². The highest BCUT2D eigenvalue weighted by Gasteiger charge is 2.32. The van der Waals surface area contributed by atoms with Crippen molar-refractivity contribution in [2.24, 2.45) is 5.92 Å². The first-order valence-electron chi connectivity index (χ1n) is 12.7. The van der Waals surface area contributed by atoms with Crippen molar-refractivity contribution in [2.45, 2.75) is 43.9 Å². The number of fused-ring (bicyclic) bond motifs is 1. The van der Waals surface area contributed by atoms with Gasteiger partial charge in [-0.3, -0.25) is 0 Å². The SMILES string of the molecule is CC(C)CN(C[C@@H](O)[C@H](Cc1ccccc1)NC(=O)OCc1ccccc1)S(=O)(=O)c1ccc2ncsc2c1. The highest BCUT2D eigenvalue weighted by Crippen LogP contribution is 2.25. The van der Waals surface area contributed by atoms with Crippen LogP contribution < -0.4 is 5.32 Å². The van der Waals surface area contributed by atoms with Crippen LogP contribution in [0.15, 0.2) is 89.3 Å². The molecule has 1 aromatic heterocycles. The molecule has 0 aliphatic rings. The molecular weight excluding hydrogens is 534 g/mol. The van der Waals surface area contributed by atoms with Crippen LogP contribution in [0, 0.1) is 5.92 Å². The minimum absolute atomic E-state index is 0.00970. The zero-order valence-electron chi connectivity index (χ0n) is 21.9. The normalized spacial score (nSPS) is 13.5. The Kier molecular flexibility index (Phi) is 9.68. The minimum atomic E-state index is -3.93. The molecule has 2 atom stereocenters. The summed E-state index contributed by atoms with van der Waals surface area (Å²) in [6.07, 6.45) is -1.59. The second kappa shape index (κ2) is 13.2. The van der Waals surface area contributed by atoms with Crippen LogP contribution in [0.4, 0.5) is 4.79 Å². The number of hydrogen-bond acceptors (Lipinski definition) is 7. The van der Waals surface area contributed by atoms with E-state index in [9.17, 15) is 18.3 Å². The van der Waals surface area contributed by atoms with Crippen molar-refractivity contribution in [3.05, 3.63) is 95.5 Å². The van der Waals surface area contributed by atoms with E-state index in [0.717, 1.165) is 21.3 Å². The largest absolute Gasteiger partial charge is 0.445 e. The molecule has 1 amide bonds. The smallest absolute Gasteiger partial charge is 0.407 e. The van der Waals surface area contributed by atoms with Crippen LogP contribution in [0.1, 0.15) is 25.0 Å². The highest BCUT2D eigenvalue weighted by atomic mass is 32.2. The summed E-state index contributed by atoms with van der Waals surface area (Å²) >= 11 is 1.37. The molecule has 0 unspecified atom stereocenters. The van der Waals surface area contributed by atoms with E-state index < -0.39 is 28.3 Å². The Bertz CT molecular complexity index is 1460. The van der Waals surface area contributed by atoms with Crippen LogP contribution in [-0.4, -0.2) is 54.1 Å². The molecule has 10 heteroatoms. The summed E-state index contributed by atoms with van der Waals surface area (Å²) in [6, 6.07) is 22.8. The van der Waals surface area contributed by atoms with E-state index in [0.29, 0.717) is 6.42 Å². The van der Waals surface area contributed by atoms with E-state index in [4.69, 9.17) is 4.74 Å². The standard InChI is InChI=1S/C29H33N3O5S2/c1-21(2)17-32(39(35,36)24-13-14-25-28(16-24)38-20-30-25)18-27(33)26(15-22-9-5-3-6-10-22)31-29(34)37-19-23-11-7-4-8-12-23/h3-14,16,20-21,26-27,33H,15,17-19H2,1-2H3,(H,31,34)/t26-,27+/m0/s1. The number of rotatable bonds is 12. The average molecular weight is 568 g/mol. The summed E-state index contributed by atoms with van der Waals surface area (Å²) in [6.45, 7) is 3.92. The fourth-order valence-corrected chi connectivity index (χ4v) is 6.67. The number of amides is 1. The lowest BCUT2D eigenvalue weighted by atomic mass is 10.0. The van der Waals surface area contributed by atoms with Gasteiger partial charge in [-0.1, -0.05) is 74.5 Å². The van der Waals surface area contributed by atoms with E-state index in [-0.39, 0.29) is 30.5 Å². The molecule has 0 spiro atoms. The van der Waals surface area contributed by atoms with E-state index in [2.05, 4.69) is 10.3 Å². The van der Waals surface area contributed by atoms with Crippen molar-refractivity contribution in [3.63, 3.8) is 0 Å². The van der Waals surface area contributed by atoms with Crippen LogP contribution in [0.5, 0.6) is 0 Å². The first kappa shape index (κ1) is 28.7. The average Bonchev–Trinajstić information content (AvgIpc) is 3.40. The molecule has 0 bridgehead atoms. The third-order valence-electron chi connectivity index (χ3n) is 6.18. The lowest BCUT2D eigenvalue weighted by Crippen LogP contribution is -2.51. The molecule has 1 heterocycles. The number of aliphatic hydroxyl groups excluding tert-OH is 1. The van der Waals surface area contributed by atoms with Crippen molar-refractivity contribution in [2.75, 3.05) is 13.1 Å². The molecule has 0 fully saturated rings. The molecular formula is C29H33N3O5S2. The molecule has 39 heavy (non-hydrogen) atoms. The van der Waals surface area contributed by atoms with Gasteiger partial charge in [-0.2, -0.15) is 4.31 Å². The Morgan fingerprint density at radius 1 is 1.00 bits per heavy atom. The summed E-state index contributed by atoms with van der Waals surface area (Å²) in [5, 5.41) is 14.1. The van der Waals surface area contributed by atoms with Gasteiger partial charge >= 0.3 is 6.09 Å². The summed E-state index contributed by atoms with van der Waals surface area (Å²) in [4.78, 5) is 17.1. The first-order chi connectivity index (χ1) is 18.7. The number of nitrogens with one attached hydrogen (secondary N) is 1. The van der Waals surface area contributed by atoms with Gasteiger partial charge in [0.1, 0.15) is 6.61 Å². The third kappa shape index (κ3) is 7.86. The Morgan fingerprint density at radius 3 is 2.33 bits per heavy atom. The zero-order valence-corrected chi connectivity index (χ0v) is 23.6. The number of carbonyl (C=O) groups is 1. The van der Waals surface area contributed by atoms with Crippen molar-refractivity contribution in [1.29, 1.82) is 0 Å². The molecule has 0 aliphatic heterocycles. The number of ether oxygens (including phenoxy) is 1. The fraction of sp³-hybridized carbons (Fsp3) is 0.310. The molecule has 4 aromatic rings. The molecule has 0 saturated carbocycles. The quantitative estimate of drug-likeness (QED) is 0.254. The molecule has 0 saturated heterocycles. The molecule has 4 rings (SSSR count). The number of carbonyl (C=O) groups excluding carboxylic acids is 1. The molecule has 2 N–H and O–H groups in total. The molecule has 0 radical (unpaired) electrons. The Morgan fingerprint density at radius 2 is 1.67 bits per heavy atom. The van der Waals surface area contributed by atoms with Crippen LogP contribution in [-0.2, 0) is 27.8 Å². The van der Waals surface area contributed by atoms with E-state index >= 15 is 0 Å². The maximum absolute atomic E-state index is 13.7. The monoisotopic (exact) mass is 567 g/mol. The fourth-order valence-electron chi connectivity index (χ4n) is 4.23. The topological polar surface area (TPSA) is 109 Å². The number of benzene rings is 3. The van der Waals surface area contributed by atoms with Crippen LogP contribution in [0.2, 0.25) is 0 Å². The molecule has 0 aliphatic carbocycles. The lowest BCUT2D eigenvalue weighted by molar-refractivity contribution is 0.0873. The van der Waals surface area contributed by atoms with Gasteiger partial charge in [-0.25, -0.2) is 18.2 Å². The number of hydrogen-bond donors (Lipinski definition) is 2.